The molecule has 0 fully saturated rings. The molecule has 3 heterocycles. The summed E-state index contributed by atoms with van der Waals surface area (Å²) in [4.78, 5) is 15.9. The fourth-order valence-electron chi connectivity index (χ4n) is 8.96. The molecule has 0 spiro atoms. The molecule has 3 aromatic heterocycles. The van der Waals surface area contributed by atoms with Gasteiger partial charge in [0.25, 0.3) is 0 Å². The Morgan fingerprint density at radius 2 is 0.949 bits per heavy atom. The van der Waals surface area contributed by atoms with Crippen molar-refractivity contribution in [1.82, 2.24) is 19.5 Å². The summed E-state index contributed by atoms with van der Waals surface area (Å²) >= 11 is 0. The maximum absolute atomic E-state index is 5.54. The molecule has 4 heteroatoms. The van der Waals surface area contributed by atoms with Crippen molar-refractivity contribution < 1.29 is 0 Å². The van der Waals surface area contributed by atoms with E-state index >= 15 is 0 Å². The summed E-state index contributed by atoms with van der Waals surface area (Å²) in [6.07, 6.45) is 0. The average Bonchev–Trinajstić information content (AvgIpc) is 3.65. The van der Waals surface area contributed by atoms with E-state index in [-0.39, 0.29) is 0 Å². The number of aromatic nitrogens is 4. The van der Waals surface area contributed by atoms with Crippen LogP contribution in [-0.4, -0.2) is 19.5 Å². The Kier molecular flexibility index (Phi) is 7.50. The highest BCUT2D eigenvalue weighted by Gasteiger charge is 2.20. The van der Waals surface area contributed by atoms with Gasteiger partial charge in [-0.05, 0) is 63.7 Å². The average molecular weight is 751 g/mol. The minimum Gasteiger partial charge on any atom is -0.307 e. The van der Waals surface area contributed by atoms with Crippen LogP contribution >= 0.6 is 0 Å². The summed E-state index contributed by atoms with van der Waals surface area (Å²) in [6.45, 7) is 0. The van der Waals surface area contributed by atoms with Gasteiger partial charge in [-0.25, -0.2) is 15.0 Å². The maximum atomic E-state index is 5.54. The van der Waals surface area contributed by atoms with Crippen LogP contribution in [0.4, 0.5) is 0 Å². The molecule has 4 nitrogen and oxygen atoms in total. The molecule has 0 unspecified atom stereocenters. The molecular formula is C55H34N4. The lowest BCUT2D eigenvalue weighted by atomic mass is 9.98. The molecule has 12 aromatic rings. The third kappa shape index (κ3) is 5.42. The highest BCUT2D eigenvalue weighted by atomic mass is 15.0. The first kappa shape index (κ1) is 33.2. The number of para-hydroxylation sites is 2. The van der Waals surface area contributed by atoms with E-state index in [1.165, 1.54) is 26.9 Å². The van der Waals surface area contributed by atoms with E-state index in [9.17, 15) is 0 Å². The minimum absolute atomic E-state index is 0.701. The lowest BCUT2D eigenvalue weighted by Crippen LogP contribution is -1.97. The van der Waals surface area contributed by atoms with Crippen molar-refractivity contribution in [2.24, 2.45) is 0 Å². The number of rotatable bonds is 5. The predicted molar refractivity (Wildman–Crippen MR) is 246 cm³/mol. The van der Waals surface area contributed by atoms with Gasteiger partial charge < -0.3 is 4.57 Å². The van der Waals surface area contributed by atoms with E-state index in [0.29, 0.717) is 5.82 Å². The number of fused-ring (bicyclic) bond motifs is 9. The van der Waals surface area contributed by atoms with E-state index in [0.717, 1.165) is 83.1 Å². The van der Waals surface area contributed by atoms with Crippen LogP contribution in [0, 0.1) is 0 Å². The first-order valence-electron chi connectivity index (χ1n) is 20.0. The van der Waals surface area contributed by atoms with Crippen molar-refractivity contribution in [3.05, 3.63) is 206 Å². The normalized spacial score (nSPS) is 11.7. The Morgan fingerprint density at radius 3 is 1.81 bits per heavy atom. The van der Waals surface area contributed by atoms with Crippen LogP contribution in [-0.2, 0) is 0 Å². The van der Waals surface area contributed by atoms with Gasteiger partial charge in [0, 0.05) is 49.3 Å². The maximum Gasteiger partial charge on any atom is 0.160 e. The zero-order valence-electron chi connectivity index (χ0n) is 31.9. The number of nitrogens with zero attached hydrogens (tertiary/aromatic N) is 4. The van der Waals surface area contributed by atoms with Gasteiger partial charge in [-0.15, -0.1) is 0 Å². The van der Waals surface area contributed by atoms with E-state index < -0.39 is 0 Å². The number of benzene rings is 9. The Hall–Kier alpha value is -7.95. The summed E-state index contributed by atoms with van der Waals surface area (Å²) < 4.78 is 2.40. The molecule has 0 saturated carbocycles. The van der Waals surface area contributed by atoms with Crippen LogP contribution < -0.4 is 0 Å². The SMILES string of the molecule is c1ccc(-c2nc3c(ccc4c5ccc(-c6cccc(-c7nc(-c8ccc9ccccc9c8)c8ccccc8n7)c6)cc5n(-c5ccccc5)c43)c3ccccc23)cc1. The topological polar surface area (TPSA) is 43.6 Å². The van der Waals surface area contributed by atoms with Gasteiger partial charge in [-0.1, -0.05) is 170 Å². The van der Waals surface area contributed by atoms with Crippen LogP contribution in [0.2, 0.25) is 0 Å². The summed E-state index contributed by atoms with van der Waals surface area (Å²) in [7, 11) is 0. The molecule has 12 rings (SSSR count). The molecule has 0 aliphatic heterocycles. The lowest BCUT2D eigenvalue weighted by molar-refractivity contribution is 1.18. The number of hydrogen-bond acceptors (Lipinski definition) is 3. The van der Waals surface area contributed by atoms with E-state index in [1.807, 2.05) is 6.07 Å². The fourth-order valence-corrected chi connectivity index (χ4v) is 8.96. The highest BCUT2D eigenvalue weighted by Crippen LogP contribution is 2.42. The largest absolute Gasteiger partial charge is 0.307 e. The van der Waals surface area contributed by atoms with Crippen LogP contribution in [0.3, 0.4) is 0 Å². The predicted octanol–water partition coefficient (Wildman–Crippen LogP) is 14.2. The third-order valence-corrected chi connectivity index (χ3v) is 11.7. The Morgan fingerprint density at radius 1 is 0.322 bits per heavy atom. The molecule has 0 aliphatic rings. The van der Waals surface area contributed by atoms with Gasteiger partial charge >= 0.3 is 0 Å². The van der Waals surface area contributed by atoms with Crippen molar-refractivity contribution in [3.8, 4) is 50.7 Å². The zero-order chi connectivity index (χ0) is 38.9. The zero-order valence-corrected chi connectivity index (χ0v) is 31.9. The summed E-state index contributed by atoms with van der Waals surface area (Å²) in [6, 6.07) is 73.2. The van der Waals surface area contributed by atoms with Gasteiger partial charge in [-0.2, -0.15) is 0 Å². The molecule has 0 amide bonds. The van der Waals surface area contributed by atoms with Crippen molar-refractivity contribution in [1.29, 1.82) is 0 Å². The Labute approximate surface area is 340 Å². The second-order valence-electron chi connectivity index (χ2n) is 15.2. The van der Waals surface area contributed by atoms with Crippen molar-refractivity contribution in [2.75, 3.05) is 0 Å². The van der Waals surface area contributed by atoms with Crippen LogP contribution in [0.1, 0.15) is 0 Å². The molecule has 274 valence electrons. The first-order valence-corrected chi connectivity index (χ1v) is 20.0. The lowest BCUT2D eigenvalue weighted by Gasteiger charge is -2.13. The summed E-state index contributed by atoms with van der Waals surface area (Å²) in [5.74, 6) is 0.701. The van der Waals surface area contributed by atoms with Gasteiger partial charge in [0.1, 0.15) is 0 Å². The van der Waals surface area contributed by atoms with Crippen LogP contribution in [0.15, 0.2) is 206 Å². The molecule has 0 saturated heterocycles. The minimum atomic E-state index is 0.701. The highest BCUT2D eigenvalue weighted by molar-refractivity contribution is 6.23. The van der Waals surface area contributed by atoms with Gasteiger partial charge in [0.15, 0.2) is 5.82 Å². The molecule has 9 aromatic carbocycles. The second kappa shape index (κ2) is 13.3. The van der Waals surface area contributed by atoms with Crippen molar-refractivity contribution in [3.63, 3.8) is 0 Å². The van der Waals surface area contributed by atoms with Gasteiger partial charge in [0.2, 0.25) is 0 Å². The Balaban J connectivity index is 1.06. The fraction of sp³-hybridized carbons (Fsp3) is 0. The standard InChI is InChI=1S/C55H34N4/c1-3-15-36(16-4-1)51-45-23-10-9-22-43(45)46-30-31-47-44-29-28-39(34-50(44)59(54(47)53(46)57-51)42-20-5-2-6-21-42)38-18-13-19-41(33-38)55-56-49-25-12-11-24-48(49)52(58-55)40-27-26-35-14-7-8-17-37(35)32-40/h1-34H. The van der Waals surface area contributed by atoms with Crippen molar-refractivity contribution >= 4 is 65.2 Å². The van der Waals surface area contributed by atoms with Crippen LogP contribution in [0.25, 0.3) is 116 Å². The number of pyridine rings is 1. The smallest absolute Gasteiger partial charge is 0.160 e. The molecule has 0 bridgehead atoms. The van der Waals surface area contributed by atoms with E-state index in [2.05, 4.69) is 205 Å². The molecular weight excluding hydrogens is 717 g/mol. The molecule has 0 aliphatic carbocycles. The third-order valence-electron chi connectivity index (χ3n) is 11.7. The first-order chi connectivity index (χ1) is 29.2. The summed E-state index contributed by atoms with van der Waals surface area (Å²) in [5, 5.41) is 9.26. The van der Waals surface area contributed by atoms with Gasteiger partial charge in [0.05, 0.1) is 33.5 Å². The molecule has 0 N–H and O–H groups in total. The monoisotopic (exact) mass is 750 g/mol. The molecule has 0 radical (unpaired) electrons. The summed E-state index contributed by atoms with van der Waals surface area (Å²) in [5.41, 5.74) is 12.5. The van der Waals surface area contributed by atoms with E-state index in [4.69, 9.17) is 15.0 Å². The van der Waals surface area contributed by atoms with Gasteiger partial charge in [-0.3, -0.25) is 0 Å². The van der Waals surface area contributed by atoms with Crippen LogP contribution in [0.5, 0.6) is 0 Å². The molecule has 0 atom stereocenters. The van der Waals surface area contributed by atoms with E-state index in [1.54, 1.807) is 0 Å². The number of hydrogen-bond donors (Lipinski definition) is 0. The van der Waals surface area contributed by atoms with Crippen molar-refractivity contribution in [2.45, 2.75) is 0 Å². The quantitative estimate of drug-likeness (QED) is 0.165. The second-order valence-corrected chi connectivity index (χ2v) is 15.2. The molecule has 59 heavy (non-hydrogen) atoms. The Bertz CT molecular complexity index is 3610.